The second-order valence-electron chi connectivity index (χ2n) is 5.29. The second kappa shape index (κ2) is 9.68. The molecule has 1 aromatic carbocycles. The minimum absolute atomic E-state index is 0.230. The third-order valence-corrected chi connectivity index (χ3v) is 4.17. The Labute approximate surface area is 131 Å². The standard InChI is InChI=1S/C16H26N2O2S/c1-4-15(19)8-9-17-16(20)18-14-7-5-6-13(10-14)11-21-12(2)3/h5-7,10,12,15,19H,4,8-9,11H2,1-3H3,(H2,17,18,20). The number of nitrogens with one attached hydrogen (secondary N) is 2. The fourth-order valence-electron chi connectivity index (χ4n) is 1.73. The molecule has 21 heavy (non-hydrogen) atoms. The van der Waals surface area contributed by atoms with Crippen LogP contribution >= 0.6 is 11.8 Å². The van der Waals surface area contributed by atoms with Crippen molar-refractivity contribution < 1.29 is 9.90 Å². The van der Waals surface area contributed by atoms with Crippen LogP contribution in [0.4, 0.5) is 10.5 Å². The van der Waals surface area contributed by atoms with Crippen LogP contribution in [-0.4, -0.2) is 29.0 Å². The van der Waals surface area contributed by atoms with Crippen LogP contribution in [0.15, 0.2) is 24.3 Å². The number of amides is 2. The summed E-state index contributed by atoms with van der Waals surface area (Å²) >= 11 is 1.88. The average molecular weight is 310 g/mol. The number of urea groups is 1. The molecular formula is C16H26N2O2S. The molecule has 0 aliphatic heterocycles. The number of carbonyl (C=O) groups is 1. The Kier molecular flexibility index (Phi) is 8.23. The van der Waals surface area contributed by atoms with Crippen LogP contribution in [0.25, 0.3) is 0 Å². The van der Waals surface area contributed by atoms with E-state index >= 15 is 0 Å². The van der Waals surface area contributed by atoms with Gasteiger partial charge in [-0.25, -0.2) is 4.79 Å². The number of anilines is 1. The largest absolute Gasteiger partial charge is 0.393 e. The number of hydrogen-bond donors (Lipinski definition) is 3. The highest BCUT2D eigenvalue weighted by Crippen LogP contribution is 2.19. The van der Waals surface area contributed by atoms with E-state index in [2.05, 4.69) is 30.5 Å². The van der Waals surface area contributed by atoms with Gasteiger partial charge in [-0.1, -0.05) is 32.9 Å². The Morgan fingerprint density at radius 2 is 2.14 bits per heavy atom. The monoisotopic (exact) mass is 310 g/mol. The predicted molar refractivity (Wildman–Crippen MR) is 90.8 cm³/mol. The van der Waals surface area contributed by atoms with Gasteiger partial charge >= 0.3 is 6.03 Å². The van der Waals surface area contributed by atoms with Gasteiger partial charge in [0.15, 0.2) is 0 Å². The van der Waals surface area contributed by atoms with Gasteiger partial charge in [-0.15, -0.1) is 0 Å². The summed E-state index contributed by atoms with van der Waals surface area (Å²) < 4.78 is 0. The molecule has 1 rings (SSSR count). The maximum absolute atomic E-state index is 11.8. The number of rotatable bonds is 8. The van der Waals surface area contributed by atoms with Gasteiger partial charge in [0.05, 0.1) is 6.10 Å². The van der Waals surface area contributed by atoms with Crippen LogP contribution in [0, 0.1) is 0 Å². The Morgan fingerprint density at radius 1 is 1.38 bits per heavy atom. The molecule has 0 heterocycles. The fraction of sp³-hybridized carbons (Fsp3) is 0.562. The predicted octanol–water partition coefficient (Wildman–Crippen LogP) is 3.61. The van der Waals surface area contributed by atoms with Crippen molar-refractivity contribution in [2.24, 2.45) is 0 Å². The van der Waals surface area contributed by atoms with Crippen LogP contribution in [0.3, 0.4) is 0 Å². The first-order valence-corrected chi connectivity index (χ1v) is 8.49. The van der Waals surface area contributed by atoms with Gasteiger partial charge in [0, 0.05) is 18.0 Å². The molecular weight excluding hydrogens is 284 g/mol. The van der Waals surface area contributed by atoms with E-state index in [4.69, 9.17) is 0 Å². The second-order valence-corrected chi connectivity index (χ2v) is 6.86. The number of aliphatic hydroxyl groups excluding tert-OH is 1. The fourth-order valence-corrected chi connectivity index (χ4v) is 2.44. The SMILES string of the molecule is CCC(O)CCNC(=O)Nc1cccc(CSC(C)C)c1. The van der Waals surface area contributed by atoms with Gasteiger partial charge in [-0.2, -0.15) is 11.8 Å². The lowest BCUT2D eigenvalue weighted by Gasteiger charge is -2.11. The smallest absolute Gasteiger partial charge is 0.319 e. The molecule has 0 fully saturated rings. The zero-order chi connectivity index (χ0) is 15.7. The molecule has 0 spiro atoms. The summed E-state index contributed by atoms with van der Waals surface area (Å²) in [6.45, 7) is 6.74. The maximum atomic E-state index is 11.8. The van der Waals surface area contributed by atoms with E-state index in [1.807, 2.05) is 36.9 Å². The molecule has 118 valence electrons. The Hall–Kier alpha value is -1.20. The van der Waals surface area contributed by atoms with E-state index in [1.165, 1.54) is 5.56 Å². The van der Waals surface area contributed by atoms with Gasteiger partial charge < -0.3 is 15.7 Å². The molecule has 0 saturated heterocycles. The number of thioether (sulfide) groups is 1. The molecule has 0 bridgehead atoms. The van der Waals surface area contributed by atoms with Gasteiger partial charge in [-0.05, 0) is 35.8 Å². The molecule has 1 aromatic rings. The molecule has 0 radical (unpaired) electrons. The van der Waals surface area contributed by atoms with E-state index < -0.39 is 0 Å². The van der Waals surface area contributed by atoms with Crippen molar-refractivity contribution in [2.45, 2.75) is 50.7 Å². The van der Waals surface area contributed by atoms with Gasteiger partial charge in [0.2, 0.25) is 0 Å². The summed E-state index contributed by atoms with van der Waals surface area (Å²) in [5.74, 6) is 0.942. The molecule has 2 amide bonds. The lowest BCUT2D eigenvalue weighted by Crippen LogP contribution is -2.31. The molecule has 0 aliphatic carbocycles. The Bertz CT molecular complexity index is 438. The normalized spacial score (nSPS) is 12.2. The van der Waals surface area contributed by atoms with Crippen LogP contribution in [0.2, 0.25) is 0 Å². The quantitative estimate of drug-likeness (QED) is 0.687. The number of hydrogen-bond acceptors (Lipinski definition) is 3. The van der Waals surface area contributed by atoms with Crippen molar-refractivity contribution in [2.75, 3.05) is 11.9 Å². The molecule has 1 atom stereocenters. The number of carbonyl (C=O) groups excluding carboxylic acids is 1. The molecule has 5 heteroatoms. The van der Waals surface area contributed by atoms with E-state index in [1.54, 1.807) is 0 Å². The first-order chi connectivity index (χ1) is 10.0. The van der Waals surface area contributed by atoms with Gasteiger partial charge in [0.1, 0.15) is 0 Å². The van der Waals surface area contributed by atoms with Crippen molar-refractivity contribution in [3.05, 3.63) is 29.8 Å². The average Bonchev–Trinajstić information content (AvgIpc) is 2.45. The summed E-state index contributed by atoms with van der Waals surface area (Å²) in [6.07, 6.45) is 0.940. The first kappa shape index (κ1) is 17.9. The van der Waals surface area contributed by atoms with Crippen LogP contribution in [0.1, 0.15) is 39.2 Å². The van der Waals surface area contributed by atoms with E-state index in [-0.39, 0.29) is 12.1 Å². The number of aliphatic hydroxyl groups is 1. The lowest BCUT2D eigenvalue weighted by molar-refractivity contribution is 0.160. The minimum Gasteiger partial charge on any atom is -0.393 e. The van der Waals surface area contributed by atoms with Crippen molar-refractivity contribution >= 4 is 23.5 Å². The molecule has 0 saturated carbocycles. The zero-order valence-electron chi connectivity index (χ0n) is 13.1. The minimum atomic E-state index is -0.346. The molecule has 0 aromatic heterocycles. The topological polar surface area (TPSA) is 61.4 Å². The van der Waals surface area contributed by atoms with Gasteiger partial charge in [-0.3, -0.25) is 0 Å². The van der Waals surface area contributed by atoms with Gasteiger partial charge in [0.25, 0.3) is 0 Å². The molecule has 4 nitrogen and oxygen atoms in total. The Balaban J connectivity index is 2.39. The zero-order valence-corrected chi connectivity index (χ0v) is 13.9. The highest BCUT2D eigenvalue weighted by atomic mass is 32.2. The van der Waals surface area contributed by atoms with Crippen LogP contribution in [-0.2, 0) is 5.75 Å². The summed E-state index contributed by atoms with van der Waals surface area (Å²) in [5.41, 5.74) is 2.00. The van der Waals surface area contributed by atoms with E-state index in [0.717, 1.165) is 11.4 Å². The Morgan fingerprint density at radius 3 is 2.81 bits per heavy atom. The summed E-state index contributed by atoms with van der Waals surface area (Å²) in [7, 11) is 0. The third-order valence-electron chi connectivity index (χ3n) is 3.00. The highest BCUT2D eigenvalue weighted by molar-refractivity contribution is 7.99. The molecule has 1 unspecified atom stereocenters. The first-order valence-electron chi connectivity index (χ1n) is 7.44. The lowest BCUT2D eigenvalue weighted by atomic mass is 10.2. The van der Waals surface area contributed by atoms with Crippen molar-refractivity contribution in [1.29, 1.82) is 0 Å². The van der Waals surface area contributed by atoms with Crippen LogP contribution < -0.4 is 10.6 Å². The summed E-state index contributed by atoms with van der Waals surface area (Å²) in [5, 5.41) is 15.6. The third kappa shape index (κ3) is 7.97. The van der Waals surface area contributed by atoms with Crippen molar-refractivity contribution in [1.82, 2.24) is 5.32 Å². The molecule has 0 aliphatic rings. The summed E-state index contributed by atoms with van der Waals surface area (Å²) in [6, 6.07) is 7.66. The maximum Gasteiger partial charge on any atom is 0.319 e. The van der Waals surface area contributed by atoms with Crippen molar-refractivity contribution in [3.63, 3.8) is 0 Å². The highest BCUT2D eigenvalue weighted by Gasteiger charge is 2.05. The van der Waals surface area contributed by atoms with Crippen molar-refractivity contribution in [3.8, 4) is 0 Å². The summed E-state index contributed by atoms with van der Waals surface area (Å²) in [4.78, 5) is 11.8. The van der Waals surface area contributed by atoms with E-state index in [0.29, 0.717) is 24.6 Å². The number of benzene rings is 1. The van der Waals surface area contributed by atoms with E-state index in [9.17, 15) is 9.90 Å². The molecule has 3 N–H and O–H groups in total. The van der Waals surface area contributed by atoms with Crippen LogP contribution in [0.5, 0.6) is 0 Å².